The maximum atomic E-state index is 12.4. The minimum atomic E-state index is 0.0868. The zero-order valence-corrected chi connectivity index (χ0v) is 13.0. The van der Waals surface area contributed by atoms with E-state index in [1.807, 2.05) is 35.2 Å². The molecule has 3 aliphatic rings. The lowest BCUT2D eigenvalue weighted by Crippen LogP contribution is -2.43. The van der Waals surface area contributed by atoms with Gasteiger partial charge < -0.3 is 14.5 Å². The van der Waals surface area contributed by atoms with Gasteiger partial charge in [-0.05, 0) is 43.9 Å². The Morgan fingerprint density at radius 3 is 2.77 bits per heavy atom. The summed E-state index contributed by atoms with van der Waals surface area (Å²) in [5, 5.41) is 0. The van der Waals surface area contributed by atoms with Gasteiger partial charge in [-0.1, -0.05) is 18.2 Å². The van der Waals surface area contributed by atoms with E-state index < -0.39 is 0 Å². The maximum Gasteiger partial charge on any atom is 0.252 e. The van der Waals surface area contributed by atoms with E-state index in [4.69, 9.17) is 4.74 Å². The van der Waals surface area contributed by atoms with Crippen LogP contribution in [-0.4, -0.2) is 50.2 Å². The Morgan fingerprint density at radius 1 is 1.18 bits per heavy atom. The molecule has 118 valence electrons. The van der Waals surface area contributed by atoms with Crippen LogP contribution in [0.2, 0.25) is 0 Å². The highest BCUT2D eigenvalue weighted by Crippen LogP contribution is 2.38. The second-order valence-electron chi connectivity index (χ2n) is 7.24. The fourth-order valence-electron chi connectivity index (χ4n) is 3.84. The number of benzene rings is 1. The fourth-order valence-corrected chi connectivity index (χ4v) is 3.84. The highest BCUT2D eigenvalue weighted by atomic mass is 16.5. The molecule has 0 bridgehead atoms. The first kappa shape index (κ1) is 14.2. The van der Waals surface area contributed by atoms with Gasteiger partial charge in [0.1, 0.15) is 6.61 Å². The topological polar surface area (TPSA) is 32.8 Å². The van der Waals surface area contributed by atoms with Gasteiger partial charge >= 0.3 is 0 Å². The third kappa shape index (κ3) is 2.90. The van der Waals surface area contributed by atoms with Crippen LogP contribution in [0.1, 0.15) is 19.3 Å². The Labute approximate surface area is 132 Å². The first-order chi connectivity index (χ1) is 10.7. The van der Waals surface area contributed by atoms with E-state index in [0.717, 1.165) is 37.7 Å². The summed E-state index contributed by atoms with van der Waals surface area (Å²) in [6, 6.07) is 10.0. The van der Waals surface area contributed by atoms with Crippen LogP contribution in [0.4, 0.5) is 5.69 Å². The van der Waals surface area contributed by atoms with E-state index in [1.165, 1.54) is 19.4 Å². The molecule has 3 fully saturated rings. The Hall–Kier alpha value is -1.39. The van der Waals surface area contributed by atoms with Gasteiger partial charge in [-0.3, -0.25) is 4.79 Å². The second kappa shape index (κ2) is 5.67. The third-order valence-corrected chi connectivity index (χ3v) is 5.23. The Balaban J connectivity index is 1.52. The molecule has 2 saturated heterocycles. The van der Waals surface area contributed by atoms with Crippen molar-refractivity contribution < 1.29 is 9.53 Å². The Kier molecular flexibility index (Phi) is 3.66. The molecule has 2 heterocycles. The van der Waals surface area contributed by atoms with Crippen molar-refractivity contribution in [2.75, 3.05) is 44.3 Å². The first-order valence-corrected chi connectivity index (χ1v) is 8.40. The van der Waals surface area contributed by atoms with Gasteiger partial charge in [0, 0.05) is 30.7 Å². The van der Waals surface area contributed by atoms with Gasteiger partial charge in [-0.25, -0.2) is 0 Å². The number of likely N-dealkylation sites (tertiary alicyclic amines) is 1. The van der Waals surface area contributed by atoms with Crippen LogP contribution in [0.15, 0.2) is 30.3 Å². The summed E-state index contributed by atoms with van der Waals surface area (Å²) in [6.07, 6.45) is 3.93. The van der Waals surface area contributed by atoms with Crippen LogP contribution < -0.4 is 4.90 Å². The number of amides is 1. The summed E-state index contributed by atoms with van der Waals surface area (Å²) < 4.78 is 5.75. The number of carbonyl (C=O) groups excluding carboxylic acids is 1. The Morgan fingerprint density at radius 2 is 2.00 bits per heavy atom. The highest BCUT2D eigenvalue weighted by Gasteiger charge is 2.43. The number of nitrogens with zero attached hydrogens (tertiary/aromatic N) is 2. The van der Waals surface area contributed by atoms with Gasteiger partial charge in [-0.15, -0.1) is 0 Å². The van der Waals surface area contributed by atoms with Crippen molar-refractivity contribution >= 4 is 11.6 Å². The summed E-state index contributed by atoms with van der Waals surface area (Å²) in [6.45, 7) is 5.16. The molecule has 1 spiro atoms. The van der Waals surface area contributed by atoms with E-state index >= 15 is 0 Å². The summed E-state index contributed by atoms with van der Waals surface area (Å²) >= 11 is 0. The van der Waals surface area contributed by atoms with E-state index in [9.17, 15) is 4.79 Å². The summed E-state index contributed by atoms with van der Waals surface area (Å²) in [7, 11) is 0. The summed E-state index contributed by atoms with van der Waals surface area (Å²) in [4.78, 5) is 16.9. The van der Waals surface area contributed by atoms with Gasteiger partial charge in [0.15, 0.2) is 0 Å². The second-order valence-corrected chi connectivity index (χ2v) is 7.24. The van der Waals surface area contributed by atoms with E-state index in [2.05, 4.69) is 4.90 Å². The summed E-state index contributed by atoms with van der Waals surface area (Å²) in [5.41, 5.74) is 1.11. The molecule has 4 nitrogen and oxygen atoms in total. The van der Waals surface area contributed by atoms with E-state index in [1.54, 1.807) is 0 Å². The van der Waals surface area contributed by atoms with Gasteiger partial charge in [-0.2, -0.15) is 0 Å². The van der Waals surface area contributed by atoms with Crippen LogP contribution in [-0.2, 0) is 9.53 Å². The maximum absolute atomic E-state index is 12.4. The Bertz CT molecular complexity index is 543. The molecule has 1 atom stereocenters. The number of para-hydroxylation sites is 1. The molecular weight excluding hydrogens is 276 g/mol. The molecule has 1 aliphatic carbocycles. The van der Waals surface area contributed by atoms with Crippen molar-refractivity contribution in [3.05, 3.63) is 30.3 Å². The van der Waals surface area contributed by atoms with Crippen LogP contribution in [0.3, 0.4) is 0 Å². The van der Waals surface area contributed by atoms with Crippen LogP contribution >= 0.6 is 0 Å². The van der Waals surface area contributed by atoms with Crippen LogP contribution in [0.5, 0.6) is 0 Å². The van der Waals surface area contributed by atoms with E-state index in [-0.39, 0.29) is 17.9 Å². The van der Waals surface area contributed by atoms with Crippen molar-refractivity contribution in [1.29, 1.82) is 0 Å². The first-order valence-electron chi connectivity index (χ1n) is 8.40. The average Bonchev–Trinajstić information content (AvgIpc) is 3.28. The third-order valence-electron chi connectivity index (χ3n) is 5.23. The smallest absolute Gasteiger partial charge is 0.252 e. The number of hydrogen-bond acceptors (Lipinski definition) is 3. The fraction of sp³-hybridized carbons (Fsp3) is 0.611. The summed E-state index contributed by atoms with van der Waals surface area (Å²) in [5.74, 6) is 1.01. The molecular formula is C18H24N2O2. The molecule has 0 radical (unpaired) electrons. The molecule has 0 N–H and O–H groups in total. The number of anilines is 1. The lowest BCUT2D eigenvalue weighted by atomic mass is 9.87. The number of carbonyl (C=O) groups is 1. The zero-order chi connectivity index (χ0) is 15.0. The van der Waals surface area contributed by atoms with Crippen molar-refractivity contribution in [1.82, 2.24) is 4.90 Å². The molecule has 0 aromatic heterocycles. The van der Waals surface area contributed by atoms with Gasteiger partial charge in [0.25, 0.3) is 5.91 Å². The molecule has 1 saturated carbocycles. The molecule has 1 aromatic carbocycles. The quantitative estimate of drug-likeness (QED) is 0.857. The van der Waals surface area contributed by atoms with Crippen molar-refractivity contribution in [2.45, 2.75) is 19.3 Å². The van der Waals surface area contributed by atoms with Crippen LogP contribution in [0, 0.1) is 11.3 Å². The average molecular weight is 300 g/mol. The van der Waals surface area contributed by atoms with Crippen LogP contribution in [0.25, 0.3) is 0 Å². The molecule has 4 rings (SSSR count). The van der Waals surface area contributed by atoms with Crippen molar-refractivity contribution in [2.24, 2.45) is 11.3 Å². The van der Waals surface area contributed by atoms with Gasteiger partial charge in [0.2, 0.25) is 0 Å². The molecule has 1 aromatic rings. The number of rotatable bonds is 3. The monoisotopic (exact) mass is 300 g/mol. The predicted octanol–water partition coefficient (Wildman–Crippen LogP) is 2.15. The normalized spacial score (nSPS) is 30.0. The minimum absolute atomic E-state index is 0.0868. The zero-order valence-electron chi connectivity index (χ0n) is 13.0. The molecule has 1 unspecified atom stereocenters. The standard InChI is InChI=1S/C18H24N2O2/c21-17-11-22-14-18(8-9-19(12-18)10-15-6-7-15)13-20(17)16-4-2-1-3-5-16/h1-5,15H,6-14H2. The number of ether oxygens (including phenoxy) is 1. The minimum Gasteiger partial charge on any atom is -0.371 e. The SMILES string of the molecule is O=C1COCC2(CCN(CC3CC3)C2)CN1c1ccccc1. The largest absolute Gasteiger partial charge is 0.371 e. The van der Waals surface area contributed by atoms with Gasteiger partial charge in [0.05, 0.1) is 6.61 Å². The lowest BCUT2D eigenvalue weighted by molar-refractivity contribution is -0.122. The van der Waals surface area contributed by atoms with Crippen molar-refractivity contribution in [3.63, 3.8) is 0 Å². The van der Waals surface area contributed by atoms with E-state index in [0.29, 0.717) is 6.61 Å². The molecule has 1 amide bonds. The highest BCUT2D eigenvalue weighted by molar-refractivity contribution is 5.94. The molecule has 22 heavy (non-hydrogen) atoms. The molecule has 2 aliphatic heterocycles. The lowest BCUT2D eigenvalue weighted by Gasteiger charge is -2.32. The molecule has 4 heteroatoms. The predicted molar refractivity (Wildman–Crippen MR) is 85.8 cm³/mol. The van der Waals surface area contributed by atoms with Crippen molar-refractivity contribution in [3.8, 4) is 0 Å². The number of hydrogen-bond donors (Lipinski definition) is 0.